The molecule has 9 heteroatoms. The molecule has 1 N–H and O–H groups in total. The van der Waals surface area contributed by atoms with Crippen LogP contribution in [0, 0.1) is 12.7 Å². The Morgan fingerprint density at radius 2 is 1.61 bits per heavy atom. The minimum absolute atomic E-state index is 0.0730. The SMILES string of the molecule is Cc1ccc2nc(N3CCS(=O)(=O)c4ccc(F)cc4C3)cc(NCC3(N(Cc4ccccc4)Cc4ccccc4)COC3)c2c1. The molecule has 0 amide bonds. The number of benzene rings is 4. The number of aromatic nitrogens is 1. The molecule has 0 radical (unpaired) electrons. The Balaban J connectivity index is 1.22. The van der Waals surface area contributed by atoms with Gasteiger partial charge in [0.15, 0.2) is 9.84 Å². The second-order valence-electron chi connectivity index (χ2n) is 12.4. The van der Waals surface area contributed by atoms with Crippen LogP contribution in [-0.2, 0) is 34.2 Å². The number of nitrogens with zero attached hydrogens (tertiary/aromatic N) is 3. The monoisotopic (exact) mass is 636 g/mol. The second kappa shape index (κ2) is 12.5. The fourth-order valence-corrected chi connectivity index (χ4v) is 7.90. The van der Waals surface area contributed by atoms with E-state index >= 15 is 0 Å². The fraction of sp³-hybridized carbons (Fsp3) is 0.270. The van der Waals surface area contributed by atoms with E-state index < -0.39 is 15.7 Å². The van der Waals surface area contributed by atoms with E-state index in [4.69, 9.17) is 9.72 Å². The number of nitrogens with one attached hydrogen (secondary N) is 1. The van der Waals surface area contributed by atoms with Crippen LogP contribution in [0.5, 0.6) is 0 Å². The third-order valence-electron chi connectivity index (χ3n) is 9.08. The van der Waals surface area contributed by atoms with Crippen LogP contribution in [0.1, 0.15) is 22.3 Å². The zero-order valence-electron chi connectivity index (χ0n) is 25.8. The second-order valence-corrected chi connectivity index (χ2v) is 14.5. The highest BCUT2D eigenvalue weighted by Crippen LogP contribution is 2.34. The van der Waals surface area contributed by atoms with Crippen molar-refractivity contribution in [1.82, 2.24) is 9.88 Å². The number of aryl methyl sites for hydroxylation is 1. The summed E-state index contributed by atoms with van der Waals surface area (Å²) in [5.74, 6) is 0.121. The van der Waals surface area contributed by atoms with Crippen LogP contribution in [0.4, 0.5) is 15.9 Å². The quantitative estimate of drug-likeness (QED) is 0.189. The largest absolute Gasteiger partial charge is 0.382 e. The Labute approximate surface area is 269 Å². The van der Waals surface area contributed by atoms with Gasteiger partial charge in [0.2, 0.25) is 0 Å². The molecule has 5 aromatic rings. The van der Waals surface area contributed by atoms with E-state index in [-0.39, 0.29) is 29.3 Å². The molecule has 4 aromatic carbocycles. The molecule has 0 aliphatic carbocycles. The average molecular weight is 637 g/mol. The highest BCUT2D eigenvalue weighted by atomic mass is 32.2. The summed E-state index contributed by atoms with van der Waals surface area (Å²) in [7, 11) is -3.55. The van der Waals surface area contributed by atoms with Gasteiger partial charge in [-0.05, 0) is 53.9 Å². The van der Waals surface area contributed by atoms with Crippen LogP contribution in [-0.4, -0.2) is 55.9 Å². The van der Waals surface area contributed by atoms with E-state index in [0.29, 0.717) is 31.1 Å². The van der Waals surface area contributed by atoms with Crippen LogP contribution < -0.4 is 10.2 Å². The first-order valence-electron chi connectivity index (χ1n) is 15.6. The van der Waals surface area contributed by atoms with Gasteiger partial charge in [-0.2, -0.15) is 0 Å². The third-order valence-corrected chi connectivity index (χ3v) is 10.9. The molecular formula is C37H37FN4O3S. The van der Waals surface area contributed by atoms with Crippen molar-refractivity contribution in [2.75, 3.05) is 42.3 Å². The van der Waals surface area contributed by atoms with Gasteiger partial charge in [-0.25, -0.2) is 17.8 Å². The minimum Gasteiger partial charge on any atom is -0.382 e. The van der Waals surface area contributed by atoms with Crippen molar-refractivity contribution in [1.29, 1.82) is 0 Å². The molecule has 46 heavy (non-hydrogen) atoms. The summed E-state index contributed by atoms with van der Waals surface area (Å²) in [6.07, 6.45) is 0. The normalized spacial score (nSPS) is 16.9. The van der Waals surface area contributed by atoms with E-state index in [1.54, 1.807) is 0 Å². The van der Waals surface area contributed by atoms with Gasteiger partial charge in [0, 0.05) is 49.9 Å². The number of pyridine rings is 1. The Kier molecular flexibility index (Phi) is 8.23. The molecule has 1 aromatic heterocycles. The molecule has 1 saturated heterocycles. The summed E-state index contributed by atoms with van der Waals surface area (Å²) in [6.45, 7) is 5.95. The molecule has 1 fully saturated rings. The van der Waals surface area contributed by atoms with Gasteiger partial charge < -0.3 is 15.0 Å². The van der Waals surface area contributed by atoms with E-state index in [1.807, 2.05) is 35.2 Å². The molecule has 236 valence electrons. The molecule has 0 saturated carbocycles. The Morgan fingerprint density at radius 1 is 0.913 bits per heavy atom. The molecule has 2 aliphatic heterocycles. The summed E-state index contributed by atoms with van der Waals surface area (Å²) >= 11 is 0. The van der Waals surface area contributed by atoms with Gasteiger partial charge in [0.1, 0.15) is 11.6 Å². The van der Waals surface area contributed by atoms with E-state index in [2.05, 4.69) is 71.7 Å². The molecule has 0 spiro atoms. The number of hydrogen-bond donors (Lipinski definition) is 1. The van der Waals surface area contributed by atoms with Crippen molar-refractivity contribution in [2.24, 2.45) is 0 Å². The molecule has 7 rings (SSSR count). The third kappa shape index (κ3) is 6.23. The molecule has 0 bridgehead atoms. The predicted octanol–water partition coefficient (Wildman–Crippen LogP) is 6.36. The standard InChI is InChI=1S/C37H37FN4O3S/c1-27-12-14-33-32(18-27)34(20-36(40-33)41-16-17-46(43,44)35-15-13-31(38)19-30(35)23-41)39-24-37(25-45-26-37)42(21-28-8-4-2-5-9-28)22-29-10-6-3-7-11-29/h2-15,18-20H,16-17,21-26H2,1H3,(H,39,40). The van der Waals surface area contributed by atoms with Gasteiger partial charge in [0.25, 0.3) is 0 Å². The van der Waals surface area contributed by atoms with Crippen LogP contribution in [0.3, 0.4) is 0 Å². The lowest BCUT2D eigenvalue weighted by Crippen LogP contribution is -2.65. The molecule has 7 nitrogen and oxygen atoms in total. The minimum atomic E-state index is -3.55. The zero-order chi connectivity index (χ0) is 31.7. The van der Waals surface area contributed by atoms with Gasteiger partial charge in [0.05, 0.1) is 34.9 Å². The predicted molar refractivity (Wildman–Crippen MR) is 180 cm³/mol. The van der Waals surface area contributed by atoms with E-state index in [0.717, 1.165) is 35.2 Å². The summed E-state index contributed by atoms with van der Waals surface area (Å²) in [5.41, 5.74) is 5.52. The van der Waals surface area contributed by atoms with Crippen molar-refractivity contribution in [2.45, 2.75) is 37.0 Å². The molecule has 0 unspecified atom stereocenters. The number of rotatable bonds is 9. The van der Waals surface area contributed by atoms with Gasteiger partial charge in [-0.1, -0.05) is 72.3 Å². The maximum atomic E-state index is 14.3. The number of ether oxygens (including phenoxy) is 1. The number of anilines is 2. The zero-order valence-corrected chi connectivity index (χ0v) is 26.6. The number of hydrogen-bond acceptors (Lipinski definition) is 7. The maximum absolute atomic E-state index is 14.3. The number of fused-ring (bicyclic) bond motifs is 2. The lowest BCUT2D eigenvalue weighted by Gasteiger charge is -2.50. The number of halogens is 1. The first-order valence-corrected chi connectivity index (χ1v) is 17.3. The van der Waals surface area contributed by atoms with Crippen LogP contribution >= 0.6 is 0 Å². The fourth-order valence-electron chi connectivity index (χ4n) is 6.42. The lowest BCUT2D eigenvalue weighted by molar-refractivity contribution is -0.140. The summed E-state index contributed by atoms with van der Waals surface area (Å²) in [6, 6.07) is 33.1. The van der Waals surface area contributed by atoms with Gasteiger partial charge >= 0.3 is 0 Å². The Morgan fingerprint density at radius 3 is 2.26 bits per heavy atom. The van der Waals surface area contributed by atoms with Crippen LogP contribution in [0.25, 0.3) is 10.9 Å². The molecule has 2 aliphatic rings. The summed E-state index contributed by atoms with van der Waals surface area (Å²) < 4.78 is 46.3. The van der Waals surface area contributed by atoms with Crippen molar-refractivity contribution in [3.8, 4) is 0 Å². The van der Waals surface area contributed by atoms with Gasteiger partial charge in [-0.15, -0.1) is 0 Å². The van der Waals surface area contributed by atoms with Crippen LogP contribution in [0.15, 0.2) is 108 Å². The molecule has 0 atom stereocenters. The summed E-state index contributed by atoms with van der Waals surface area (Å²) in [5, 5.41) is 4.77. The van der Waals surface area contributed by atoms with Crippen molar-refractivity contribution < 1.29 is 17.5 Å². The highest BCUT2D eigenvalue weighted by Gasteiger charge is 2.44. The summed E-state index contributed by atoms with van der Waals surface area (Å²) in [4.78, 5) is 9.61. The average Bonchev–Trinajstić information content (AvgIpc) is 3.16. The smallest absolute Gasteiger partial charge is 0.180 e. The lowest BCUT2D eigenvalue weighted by atomic mass is 9.92. The first-order chi connectivity index (χ1) is 22.3. The van der Waals surface area contributed by atoms with Crippen LogP contribution in [0.2, 0.25) is 0 Å². The van der Waals surface area contributed by atoms with E-state index in [9.17, 15) is 12.8 Å². The topological polar surface area (TPSA) is 74.8 Å². The maximum Gasteiger partial charge on any atom is 0.180 e. The van der Waals surface area contributed by atoms with Gasteiger partial charge in [-0.3, -0.25) is 4.90 Å². The highest BCUT2D eigenvalue weighted by molar-refractivity contribution is 7.91. The Bertz CT molecular complexity index is 1930. The van der Waals surface area contributed by atoms with Crippen molar-refractivity contribution >= 4 is 32.2 Å². The van der Waals surface area contributed by atoms with Crippen molar-refractivity contribution in [3.05, 3.63) is 131 Å². The Hall–Kier alpha value is -4.31. The first kappa shape index (κ1) is 30.3. The molecular weight excluding hydrogens is 599 g/mol. The van der Waals surface area contributed by atoms with Crippen molar-refractivity contribution in [3.63, 3.8) is 0 Å². The number of sulfone groups is 1. The molecule has 3 heterocycles. The van der Waals surface area contributed by atoms with E-state index in [1.165, 1.54) is 29.3 Å².